The minimum Gasteiger partial charge on any atom is -0.508 e. The van der Waals surface area contributed by atoms with Crippen molar-refractivity contribution in [2.75, 3.05) is 10.6 Å². The van der Waals surface area contributed by atoms with Crippen LogP contribution in [0.2, 0.25) is 0 Å². The normalized spacial score (nSPS) is 10.5. The Morgan fingerprint density at radius 3 is 2.58 bits per heavy atom. The summed E-state index contributed by atoms with van der Waals surface area (Å²) in [5.41, 5.74) is 0.347. The molecule has 2 aromatic carbocycles. The predicted molar refractivity (Wildman–Crippen MR) is 87.2 cm³/mol. The Hall–Kier alpha value is -3.86. The molecule has 0 atom stereocenters. The molecule has 0 saturated carbocycles. The molecule has 0 radical (unpaired) electrons. The number of benzene rings is 2. The van der Waals surface area contributed by atoms with Gasteiger partial charge in [-0.25, -0.2) is 0 Å². The summed E-state index contributed by atoms with van der Waals surface area (Å²) in [5, 5.41) is 34.3. The van der Waals surface area contributed by atoms with Crippen molar-refractivity contribution in [1.82, 2.24) is 0 Å². The van der Waals surface area contributed by atoms with Crippen LogP contribution in [0.25, 0.3) is 0 Å². The minimum atomic E-state index is -0.680. The molecule has 0 aliphatic carbocycles. The summed E-state index contributed by atoms with van der Waals surface area (Å²) in [6.07, 6.45) is 1.15. The molecule has 0 spiro atoms. The van der Waals surface area contributed by atoms with Crippen LogP contribution < -0.4 is 10.6 Å². The van der Waals surface area contributed by atoms with Gasteiger partial charge in [0.1, 0.15) is 17.4 Å². The average Bonchev–Trinajstić information content (AvgIpc) is 2.55. The summed E-state index contributed by atoms with van der Waals surface area (Å²) in [4.78, 5) is 22.2. The highest BCUT2D eigenvalue weighted by atomic mass is 16.6. The number of phenols is 1. The average molecular weight is 324 g/mol. The first-order valence-electron chi connectivity index (χ1n) is 6.71. The number of rotatable bonds is 5. The van der Waals surface area contributed by atoms with Gasteiger partial charge in [0.05, 0.1) is 4.92 Å². The van der Waals surface area contributed by atoms with Gasteiger partial charge in [0.15, 0.2) is 0 Å². The van der Waals surface area contributed by atoms with Gasteiger partial charge < -0.3 is 15.7 Å². The van der Waals surface area contributed by atoms with E-state index in [0.29, 0.717) is 11.4 Å². The van der Waals surface area contributed by atoms with E-state index in [2.05, 4.69) is 10.6 Å². The molecule has 8 heteroatoms. The van der Waals surface area contributed by atoms with Gasteiger partial charge in [-0.3, -0.25) is 14.9 Å². The van der Waals surface area contributed by atoms with Crippen molar-refractivity contribution in [2.45, 2.75) is 0 Å². The number of carbonyl (C=O) groups is 1. The van der Waals surface area contributed by atoms with E-state index >= 15 is 0 Å². The van der Waals surface area contributed by atoms with E-state index in [1.807, 2.05) is 0 Å². The highest BCUT2D eigenvalue weighted by Crippen LogP contribution is 2.18. The molecule has 0 heterocycles. The third-order valence-electron chi connectivity index (χ3n) is 2.91. The highest BCUT2D eigenvalue weighted by Gasteiger charge is 2.10. The summed E-state index contributed by atoms with van der Waals surface area (Å²) in [5.74, 6) is -0.703. The topological polar surface area (TPSA) is 128 Å². The number of aromatic hydroxyl groups is 1. The number of carbonyl (C=O) groups excluding carboxylic acids is 1. The lowest BCUT2D eigenvalue weighted by Crippen LogP contribution is -2.14. The molecular weight excluding hydrogens is 312 g/mol. The van der Waals surface area contributed by atoms with Crippen molar-refractivity contribution >= 4 is 23.0 Å². The number of nitro benzene ring substituents is 1. The number of nitriles is 1. The SMILES string of the molecule is N#C/C(=C/Nc1cccc([N+](=O)[O-])c1)C(=O)Nc1cccc(O)c1. The fourth-order valence-electron chi connectivity index (χ4n) is 1.80. The summed E-state index contributed by atoms with van der Waals surface area (Å²) >= 11 is 0. The fourth-order valence-corrected chi connectivity index (χ4v) is 1.80. The van der Waals surface area contributed by atoms with Crippen LogP contribution in [0.5, 0.6) is 5.75 Å². The van der Waals surface area contributed by atoms with Crippen LogP contribution in [0.15, 0.2) is 60.3 Å². The Balaban J connectivity index is 2.11. The second-order valence-corrected chi connectivity index (χ2v) is 4.63. The third-order valence-corrected chi connectivity index (χ3v) is 2.91. The molecule has 0 aliphatic rings. The van der Waals surface area contributed by atoms with E-state index in [1.165, 1.54) is 30.3 Å². The van der Waals surface area contributed by atoms with E-state index in [1.54, 1.807) is 24.3 Å². The molecule has 2 aromatic rings. The first-order valence-corrected chi connectivity index (χ1v) is 6.71. The zero-order chi connectivity index (χ0) is 17.5. The number of nitrogens with one attached hydrogen (secondary N) is 2. The Bertz CT molecular complexity index is 855. The zero-order valence-electron chi connectivity index (χ0n) is 12.3. The molecule has 0 unspecified atom stereocenters. The third kappa shape index (κ3) is 4.32. The second-order valence-electron chi connectivity index (χ2n) is 4.63. The Morgan fingerprint density at radius 2 is 1.92 bits per heavy atom. The van der Waals surface area contributed by atoms with E-state index in [-0.39, 0.29) is 17.0 Å². The van der Waals surface area contributed by atoms with Gasteiger partial charge >= 0.3 is 0 Å². The number of non-ortho nitro benzene ring substituents is 1. The lowest BCUT2D eigenvalue weighted by Gasteiger charge is -2.05. The molecule has 1 amide bonds. The van der Waals surface area contributed by atoms with Crippen LogP contribution in [0, 0.1) is 21.4 Å². The molecule has 120 valence electrons. The molecule has 3 N–H and O–H groups in total. The van der Waals surface area contributed by atoms with Crippen LogP contribution in [0.4, 0.5) is 17.1 Å². The molecule has 2 rings (SSSR count). The maximum Gasteiger partial charge on any atom is 0.271 e. The highest BCUT2D eigenvalue weighted by molar-refractivity contribution is 6.06. The Kier molecular flexibility index (Phi) is 5.10. The summed E-state index contributed by atoms with van der Waals surface area (Å²) in [7, 11) is 0. The fraction of sp³-hybridized carbons (Fsp3) is 0. The standard InChI is InChI=1S/C16H12N4O4/c17-9-11(16(22)19-13-4-2-6-15(21)8-13)10-18-12-3-1-5-14(7-12)20(23)24/h1-8,10,18,21H,(H,19,22)/b11-10-. The lowest BCUT2D eigenvalue weighted by atomic mass is 10.2. The number of nitro groups is 1. The molecule has 8 nitrogen and oxygen atoms in total. The van der Waals surface area contributed by atoms with E-state index in [4.69, 9.17) is 5.26 Å². The number of nitrogens with zero attached hydrogens (tertiary/aromatic N) is 2. The van der Waals surface area contributed by atoms with Gasteiger partial charge in [-0.05, 0) is 18.2 Å². The molecule has 0 aromatic heterocycles. The smallest absolute Gasteiger partial charge is 0.271 e. The van der Waals surface area contributed by atoms with Gasteiger partial charge in [-0.2, -0.15) is 5.26 Å². The van der Waals surface area contributed by atoms with Gasteiger partial charge in [0, 0.05) is 35.8 Å². The van der Waals surface area contributed by atoms with Crippen LogP contribution in [0.1, 0.15) is 0 Å². The van der Waals surface area contributed by atoms with Crippen molar-refractivity contribution < 1.29 is 14.8 Å². The molecule has 0 bridgehead atoms. The maximum absolute atomic E-state index is 12.0. The Morgan fingerprint density at radius 1 is 1.21 bits per heavy atom. The van der Waals surface area contributed by atoms with Gasteiger partial charge in [0.2, 0.25) is 0 Å². The summed E-state index contributed by atoms with van der Waals surface area (Å²) in [6.45, 7) is 0. The zero-order valence-corrected chi connectivity index (χ0v) is 12.3. The lowest BCUT2D eigenvalue weighted by molar-refractivity contribution is -0.384. The van der Waals surface area contributed by atoms with Crippen LogP contribution in [0.3, 0.4) is 0 Å². The van der Waals surface area contributed by atoms with E-state index in [0.717, 1.165) is 6.20 Å². The number of amides is 1. The van der Waals surface area contributed by atoms with Gasteiger partial charge in [-0.1, -0.05) is 12.1 Å². The summed E-state index contributed by atoms with van der Waals surface area (Å²) < 4.78 is 0. The van der Waals surface area contributed by atoms with Crippen molar-refractivity contribution in [3.63, 3.8) is 0 Å². The van der Waals surface area contributed by atoms with Crippen molar-refractivity contribution in [3.8, 4) is 11.8 Å². The van der Waals surface area contributed by atoms with Crippen molar-refractivity contribution in [3.05, 3.63) is 70.4 Å². The van der Waals surface area contributed by atoms with Gasteiger partial charge in [0.25, 0.3) is 11.6 Å². The van der Waals surface area contributed by atoms with E-state index in [9.17, 15) is 20.0 Å². The van der Waals surface area contributed by atoms with Crippen molar-refractivity contribution in [2.24, 2.45) is 0 Å². The summed E-state index contributed by atoms with van der Waals surface area (Å²) in [6, 6.07) is 13.3. The largest absolute Gasteiger partial charge is 0.508 e. The molecule has 0 saturated heterocycles. The predicted octanol–water partition coefficient (Wildman–Crippen LogP) is 2.76. The number of hydrogen-bond donors (Lipinski definition) is 3. The maximum atomic E-state index is 12.0. The van der Waals surface area contributed by atoms with E-state index < -0.39 is 10.8 Å². The quantitative estimate of drug-likeness (QED) is 0.336. The first-order chi connectivity index (χ1) is 11.5. The Labute approximate surface area is 136 Å². The van der Waals surface area contributed by atoms with Crippen molar-refractivity contribution in [1.29, 1.82) is 5.26 Å². The molecule has 0 aliphatic heterocycles. The monoisotopic (exact) mass is 324 g/mol. The molecule has 0 fully saturated rings. The van der Waals surface area contributed by atoms with Crippen LogP contribution >= 0.6 is 0 Å². The van der Waals surface area contributed by atoms with Gasteiger partial charge in [-0.15, -0.1) is 0 Å². The number of phenolic OH excluding ortho intramolecular Hbond substituents is 1. The number of anilines is 2. The van der Waals surface area contributed by atoms with Crippen LogP contribution in [-0.2, 0) is 4.79 Å². The number of hydrogen-bond acceptors (Lipinski definition) is 6. The second kappa shape index (κ2) is 7.42. The molecule has 24 heavy (non-hydrogen) atoms. The molecular formula is C16H12N4O4. The first kappa shape index (κ1) is 16.5. The van der Waals surface area contributed by atoms with Crippen LogP contribution in [-0.4, -0.2) is 15.9 Å². The minimum absolute atomic E-state index is 0.0231.